The molecule has 148 valence electrons. The third kappa shape index (κ3) is 6.89. The Balaban J connectivity index is 2.93. The van der Waals surface area contributed by atoms with Gasteiger partial charge in [-0.25, -0.2) is 8.42 Å². The van der Waals surface area contributed by atoms with Gasteiger partial charge in [0.25, 0.3) is 0 Å². The average molecular weight is 423 g/mol. The number of sulfonamides is 1. The number of halogens is 1. The number of hydrogen-bond donors (Lipinski definition) is 1. The second-order valence-corrected chi connectivity index (χ2v) is 11.0. The molecule has 0 spiro atoms. The van der Waals surface area contributed by atoms with E-state index in [-0.39, 0.29) is 15.7 Å². The fourth-order valence-corrected chi connectivity index (χ4v) is 4.52. The number of carbonyl (C=O) groups is 1. The van der Waals surface area contributed by atoms with Crippen LogP contribution in [0.1, 0.15) is 27.7 Å². The Hall–Kier alpha value is -1.12. The van der Waals surface area contributed by atoms with E-state index in [1.54, 1.807) is 30.8 Å². The number of amides is 1. The number of ether oxygens (including phenoxy) is 1. The Kier molecular flexibility index (Phi) is 8.10. The van der Waals surface area contributed by atoms with Crippen LogP contribution in [-0.2, 0) is 14.8 Å². The van der Waals surface area contributed by atoms with E-state index in [9.17, 15) is 13.2 Å². The van der Waals surface area contributed by atoms with Crippen LogP contribution in [0.3, 0.4) is 0 Å². The molecule has 0 aliphatic carbocycles. The summed E-state index contributed by atoms with van der Waals surface area (Å²) in [5.41, 5.74) is 0.310. The number of nitrogens with one attached hydrogen (secondary N) is 1. The molecular weight excluding hydrogens is 396 g/mol. The van der Waals surface area contributed by atoms with E-state index in [1.807, 2.05) is 0 Å². The summed E-state index contributed by atoms with van der Waals surface area (Å²) in [5.74, 6) is 0.812. The highest BCUT2D eigenvalue weighted by Crippen LogP contribution is 2.31. The highest BCUT2D eigenvalue weighted by Gasteiger charge is 2.29. The summed E-state index contributed by atoms with van der Waals surface area (Å²) < 4.78 is 30.8. The summed E-state index contributed by atoms with van der Waals surface area (Å²) in [6, 6.07) is 3.70. The summed E-state index contributed by atoms with van der Waals surface area (Å²) in [4.78, 5) is 12.5. The summed E-state index contributed by atoms with van der Waals surface area (Å²) in [5, 5.41) is 3.06. The maximum Gasteiger partial charge on any atom is 0.243 e. The van der Waals surface area contributed by atoms with Crippen molar-refractivity contribution in [2.24, 2.45) is 0 Å². The zero-order valence-corrected chi connectivity index (χ0v) is 18.4. The number of hydrogen-bond acceptors (Lipinski definition) is 5. The predicted octanol–water partition coefficient (Wildman–Crippen LogP) is 3.15. The molecule has 0 radical (unpaired) electrons. The average Bonchev–Trinajstić information content (AvgIpc) is 2.49. The highest BCUT2D eigenvalue weighted by molar-refractivity contribution is 8.00. The second-order valence-electron chi connectivity index (χ2n) is 6.81. The lowest BCUT2D eigenvalue weighted by Gasteiger charge is -2.28. The van der Waals surface area contributed by atoms with Crippen LogP contribution < -0.4 is 14.4 Å². The van der Waals surface area contributed by atoms with Gasteiger partial charge in [-0.1, -0.05) is 32.4 Å². The molecule has 1 atom stereocenters. The van der Waals surface area contributed by atoms with Crippen molar-refractivity contribution in [1.29, 1.82) is 0 Å². The van der Waals surface area contributed by atoms with Crippen molar-refractivity contribution in [3.63, 3.8) is 0 Å². The van der Waals surface area contributed by atoms with Crippen LogP contribution >= 0.6 is 23.4 Å². The van der Waals surface area contributed by atoms with Crippen LogP contribution in [0.5, 0.6) is 5.75 Å². The molecule has 0 saturated heterocycles. The van der Waals surface area contributed by atoms with Crippen LogP contribution in [0.25, 0.3) is 0 Å². The van der Waals surface area contributed by atoms with Crippen molar-refractivity contribution in [3.05, 3.63) is 23.2 Å². The minimum atomic E-state index is -3.68. The topological polar surface area (TPSA) is 75.7 Å². The third-order valence-corrected chi connectivity index (χ3v) is 6.23. The number of methoxy groups -OCH3 is 1. The van der Waals surface area contributed by atoms with Crippen molar-refractivity contribution in [2.75, 3.05) is 30.0 Å². The standard InChI is InChI=1S/C17H27ClN2O4S2/c1-12(16(21)19-9-10-25-17(2,3)4)20(26(6,22)23)13-7-8-15(24-5)14(18)11-13/h7-8,11-12H,9-10H2,1-6H3,(H,19,21)/t12-/m0/s1. The maximum absolute atomic E-state index is 12.5. The molecule has 1 N–H and O–H groups in total. The van der Waals surface area contributed by atoms with Crippen molar-refractivity contribution in [1.82, 2.24) is 5.32 Å². The lowest BCUT2D eigenvalue weighted by Crippen LogP contribution is -2.48. The Morgan fingerprint density at radius 1 is 1.38 bits per heavy atom. The van der Waals surface area contributed by atoms with E-state index in [0.29, 0.717) is 18.0 Å². The number of nitrogens with zero attached hydrogens (tertiary/aromatic N) is 1. The number of thioether (sulfide) groups is 1. The van der Waals surface area contributed by atoms with Gasteiger partial charge in [-0.05, 0) is 25.1 Å². The Bertz CT molecular complexity index is 733. The molecule has 0 fully saturated rings. The van der Waals surface area contributed by atoms with Gasteiger partial charge in [-0.3, -0.25) is 9.10 Å². The molecule has 1 rings (SSSR count). The first-order valence-electron chi connectivity index (χ1n) is 8.11. The monoisotopic (exact) mass is 422 g/mol. The van der Waals surface area contributed by atoms with Gasteiger partial charge in [-0.15, -0.1) is 0 Å². The smallest absolute Gasteiger partial charge is 0.243 e. The molecule has 0 aromatic heterocycles. The molecule has 0 aliphatic rings. The summed E-state index contributed by atoms with van der Waals surface area (Å²) in [6.07, 6.45) is 1.06. The molecule has 1 amide bonds. The number of carbonyl (C=O) groups excluding carboxylic acids is 1. The van der Waals surface area contributed by atoms with Gasteiger partial charge < -0.3 is 10.1 Å². The fourth-order valence-electron chi connectivity index (χ4n) is 2.28. The number of benzene rings is 1. The molecule has 0 aliphatic heterocycles. The summed E-state index contributed by atoms with van der Waals surface area (Å²) in [6.45, 7) is 8.31. The lowest BCUT2D eigenvalue weighted by atomic mass is 10.2. The van der Waals surface area contributed by atoms with Crippen LogP contribution in [-0.4, -0.2) is 50.8 Å². The minimum absolute atomic E-state index is 0.106. The second kappa shape index (κ2) is 9.19. The zero-order valence-electron chi connectivity index (χ0n) is 16.0. The normalized spacial score (nSPS) is 13.2. The highest BCUT2D eigenvalue weighted by atomic mass is 35.5. The molecule has 0 heterocycles. The van der Waals surface area contributed by atoms with Gasteiger partial charge in [0, 0.05) is 17.0 Å². The number of anilines is 1. The van der Waals surface area contributed by atoms with E-state index in [2.05, 4.69) is 26.1 Å². The van der Waals surface area contributed by atoms with E-state index in [1.165, 1.54) is 13.2 Å². The van der Waals surface area contributed by atoms with E-state index in [4.69, 9.17) is 16.3 Å². The first kappa shape index (κ1) is 22.9. The van der Waals surface area contributed by atoms with E-state index in [0.717, 1.165) is 16.3 Å². The van der Waals surface area contributed by atoms with Gasteiger partial charge in [0.15, 0.2) is 0 Å². The van der Waals surface area contributed by atoms with Crippen molar-refractivity contribution in [3.8, 4) is 5.75 Å². The molecule has 1 aromatic carbocycles. The first-order chi connectivity index (χ1) is 11.9. The van der Waals surface area contributed by atoms with Crippen LogP contribution in [0, 0.1) is 0 Å². The van der Waals surface area contributed by atoms with Crippen LogP contribution in [0.4, 0.5) is 5.69 Å². The van der Waals surface area contributed by atoms with Crippen LogP contribution in [0.2, 0.25) is 5.02 Å². The Labute approximate surface area is 165 Å². The van der Waals surface area contributed by atoms with Gasteiger partial charge in [0.1, 0.15) is 11.8 Å². The molecule has 0 saturated carbocycles. The van der Waals surface area contributed by atoms with Gasteiger partial charge in [-0.2, -0.15) is 11.8 Å². The minimum Gasteiger partial charge on any atom is -0.495 e. The number of rotatable bonds is 8. The van der Waals surface area contributed by atoms with Crippen molar-refractivity contribution < 1.29 is 17.9 Å². The third-order valence-electron chi connectivity index (χ3n) is 3.41. The SMILES string of the molecule is COc1ccc(N([C@@H](C)C(=O)NCCSC(C)(C)C)S(C)(=O)=O)cc1Cl. The molecular formula is C17H27ClN2O4S2. The summed E-state index contributed by atoms with van der Waals surface area (Å²) in [7, 11) is -2.21. The molecule has 6 nitrogen and oxygen atoms in total. The lowest BCUT2D eigenvalue weighted by molar-refractivity contribution is -0.121. The molecule has 26 heavy (non-hydrogen) atoms. The van der Waals surface area contributed by atoms with Gasteiger partial charge >= 0.3 is 0 Å². The first-order valence-corrected chi connectivity index (χ1v) is 11.3. The largest absolute Gasteiger partial charge is 0.495 e. The van der Waals surface area contributed by atoms with Crippen molar-refractivity contribution >= 4 is 45.0 Å². The molecule has 9 heteroatoms. The van der Waals surface area contributed by atoms with Gasteiger partial charge in [0.2, 0.25) is 15.9 Å². The molecule has 0 bridgehead atoms. The van der Waals surface area contributed by atoms with E-state index >= 15 is 0 Å². The predicted molar refractivity (Wildman–Crippen MR) is 110 cm³/mol. The fraction of sp³-hybridized carbons (Fsp3) is 0.588. The maximum atomic E-state index is 12.5. The quantitative estimate of drug-likeness (QED) is 0.651. The Morgan fingerprint density at radius 3 is 2.46 bits per heavy atom. The zero-order chi connectivity index (χ0) is 20.1. The Morgan fingerprint density at radius 2 is 2.00 bits per heavy atom. The van der Waals surface area contributed by atoms with Gasteiger partial charge in [0.05, 0.1) is 24.1 Å². The molecule has 1 aromatic rings. The van der Waals surface area contributed by atoms with Crippen molar-refractivity contribution in [2.45, 2.75) is 38.5 Å². The van der Waals surface area contributed by atoms with E-state index < -0.39 is 16.1 Å². The van der Waals surface area contributed by atoms with Crippen LogP contribution in [0.15, 0.2) is 18.2 Å². The summed E-state index contributed by atoms with van der Waals surface area (Å²) >= 11 is 7.83. The molecule has 0 unspecified atom stereocenters.